The normalized spacial score (nSPS) is 23.6. The maximum Gasteiger partial charge on any atom is 0.251 e. The summed E-state index contributed by atoms with van der Waals surface area (Å²) in [7, 11) is 0. The van der Waals surface area contributed by atoms with E-state index in [1.165, 1.54) is 0 Å². The molecule has 0 aromatic heterocycles. The number of aliphatic hydroxyl groups is 1. The van der Waals surface area contributed by atoms with Gasteiger partial charge in [0.15, 0.2) is 0 Å². The Kier molecular flexibility index (Phi) is 3.61. The molecular weight excluding hydrogens is 270 g/mol. The van der Waals surface area contributed by atoms with E-state index in [0.717, 1.165) is 10.9 Å². The van der Waals surface area contributed by atoms with Gasteiger partial charge >= 0.3 is 0 Å². The number of amides is 1. The minimum absolute atomic E-state index is 0.0574. The molecule has 0 spiro atoms. The summed E-state index contributed by atoms with van der Waals surface area (Å²) in [6.45, 7) is 0. The van der Waals surface area contributed by atoms with Gasteiger partial charge < -0.3 is 10.4 Å². The van der Waals surface area contributed by atoms with Crippen molar-refractivity contribution < 1.29 is 9.90 Å². The van der Waals surface area contributed by atoms with Gasteiger partial charge in [0.25, 0.3) is 5.91 Å². The third kappa shape index (κ3) is 2.62. The van der Waals surface area contributed by atoms with Crippen LogP contribution in [-0.4, -0.2) is 23.2 Å². The number of alkyl halides is 1. The van der Waals surface area contributed by atoms with E-state index in [-0.39, 0.29) is 18.1 Å². The first-order valence-corrected chi connectivity index (χ1v) is 6.45. The van der Waals surface area contributed by atoms with Crippen molar-refractivity contribution in [3.8, 4) is 0 Å². The van der Waals surface area contributed by atoms with E-state index in [9.17, 15) is 4.79 Å². The maximum atomic E-state index is 11.7. The van der Waals surface area contributed by atoms with E-state index in [1.807, 2.05) is 24.3 Å². The van der Waals surface area contributed by atoms with Gasteiger partial charge in [-0.2, -0.15) is 0 Å². The molecule has 0 heterocycles. The lowest BCUT2D eigenvalue weighted by molar-refractivity contribution is 0.0562. The van der Waals surface area contributed by atoms with Crippen LogP contribution in [0.3, 0.4) is 0 Å². The lowest BCUT2D eigenvalue weighted by Crippen LogP contribution is -2.46. The molecule has 16 heavy (non-hydrogen) atoms. The zero-order chi connectivity index (χ0) is 11.5. The van der Waals surface area contributed by atoms with Gasteiger partial charge in [-0.1, -0.05) is 28.1 Å². The monoisotopic (exact) mass is 283 g/mol. The Bertz CT molecular complexity index is 371. The van der Waals surface area contributed by atoms with E-state index in [4.69, 9.17) is 5.11 Å². The molecule has 0 saturated heterocycles. The van der Waals surface area contributed by atoms with Crippen molar-refractivity contribution in [1.82, 2.24) is 5.32 Å². The number of carbonyl (C=O) groups is 1. The lowest BCUT2D eigenvalue weighted by Gasteiger charge is -2.31. The Hall–Kier alpha value is -0.870. The highest BCUT2D eigenvalue weighted by atomic mass is 79.9. The van der Waals surface area contributed by atoms with E-state index >= 15 is 0 Å². The van der Waals surface area contributed by atoms with Crippen molar-refractivity contribution in [2.45, 2.75) is 30.3 Å². The molecule has 0 aliphatic heterocycles. The molecule has 0 bridgehead atoms. The number of hydrogen-bond acceptors (Lipinski definition) is 2. The molecule has 86 valence electrons. The van der Waals surface area contributed by atoms with Crippen molar-refractivity contribution in [3.63, 3.8) is 0 Å². The van der Waals surface area contributed by atoms with Crippen molar-refractivity contribution >= 4 is 21.8 Å². The van der Waals surface area contributed by atoms with Crippen LogP contribution in [0, 0.1) is 0 Å². The van der Waals surface area contributed by atoms with Crippen molar-refractivity contribution in [1.29, 1.82) is 0 Å². The average Bonchev–Trinajstić information content (AvgIpc) is 2.27. The number of carbonyl (C=O) groups excluding carboxylic acids is 1. The molecule has 1 fully saturated rings. The number of benzene rings is 1. The second-order valence-electron chi connectivity index (χ2n) is 4.13. The van der Waals surface area contributed by atoms with Crippen LogP contribution in [0.15, 0.2) is 24.3 Å². The zero-order valence-electron chi connectivity index (χ0n) is 8.82. The number of aliphatic hydroxyl groups excluding tert-OH is 1. The zero-order valence-corrected chi connectivity index (χ0v) is 10.4. The van der Waals surface area contributed by atoms with E-state index in [0.29, 0.717) is 18.4 Å². The fourth-order valence-corrected chi connectivity index (χ4v) is 2.09. The van der Waals surface area contributed by atoms with Crippen LogP contribution in [-0.2, 0) is 5.33 Å². The largest absolute Gasteiger partial charge is 0.393 e. The van der Waals surface area contributed by atoms with E-state index in [1.54, 1.807) is 0 Å². The highest BCUT2D eigenvalue weighted by Gasteiger charge is 2.28. The third-order valence-corrected chi connectivity index (χ3v) is 3.47. The number of rotatable bonds is 3. The third-order valence-electron chi connectivity index (χ3n) is 2.82. The number of hydrogen-bond donors (Lipinski definition) is 2. The first-order valence-electron chi connectivity index (χ1n) is 5.33. The smallest absolute Gasteiger partial charge is 0.251 e. The van der Waals surface area contributed by atoms with Gasteiger partial charge in [0.05, 0.1) is 6.10 Å². The van der Waals surface area contributed by atoms with E-state index in [2.05, 4.69) is 21.2 Å². The Labute approximate surface area is 103 Å². The molecule has 3 nitrogen and oxygen atoms in total. The molecule has 1 aromatic carbocycles. The minimum atomic E-state index is -0.235. The SMILES string of the molecule is O=C(NC1CC(O)C1)c1ccc(CBr)cc1. The first-order chi connectivity index (χ1) is 7.69. The average molecular weight is 284 g/mol. The van der Waals surface area contributed by atoms with Crippen LogP contribution < -0.4 is 5.32 Å². The lowest BCUT2D eigenvalue weighted by atomic mass is 9.89. The Morgan fingerprint density at radius 1 is 1.38 bits per heavy atom. The van der Waals surface area contributed by atoms with Gasteiger partial charge in [0.1, 0.15) is 0 Å². The molecular formula is C12H14BrNO2. The summed E-state index contributed by atoms with van der Waals surface area (Å²) in [4.78, 5) is 11.7. The number of halogens is 1. The van der Waals surface area contributed by atoms with Crippen LogP contribution in [0.25, 0.3) is 0 Å². The molecule has 1 aromatic rings. The molecule has 2 N–H and O–H groups in total. The van der Waals surface area contributed by atoms with Crippen LogP contribution in [0.4, 0.5) is 0 Å². The summed E-state index contributed by atoms with van der Waals surface area (Å²) >= 11 is 3.36. The van der Waals surface area contributed by atoms with Crippen LogP contribution in [0.5, 0.6) is 0 Å². The summed E-state index contributed by atoms with van der Waals surface area (Å²) in [6, 6.07) is 7.64. The van der Waals surface area contributed by atoms with Crippen LogP contribution >= 0.6 is 15.9 Å². The molecule has 1 amide bonds. The predicted octanol–water partition coefficient (Wildman–Crippen LogP) is 1.83. The Morgan fingerprint density at radius 2 is 2.00 bits per heavy atom. The fraction of sp³-hybridized carbons (Fsp3) is 0.417. The molecule has 1 saturated carbocycles. The summed E-state index contributed by atoms with van der Waals surface area (Å²) in [5.74, 6) is -0.0574. The van der Waals surface area contributed by atoms with Crippen molar-refractivity contribution in [2.75, 3.05) is 0 Å². The first kappa shape index (κ1) is 11.6. The summed E-state index contributed by atoms with van der Waals surface area (Å²) in [6.07, 6.45) is 1.11. The van der Waals surface area contributed by atoms with Gasteiger partial charge in [-0.3, -0.25) is 4.79 Å². The van der Waals surface area contributed by atoms with Gasteiger partial charge in [0.2, 0.25) is 0 Å². The Morgan fingerprint density at radius 3 is 2.50 bits per heavy atom. The number of nitrogens with one attached hydrogen (secondary N) is 1. The molecule has 0 unspecified atom stereocenters. The van der Waals surface area contributed by atoms with Crippen molar-refractivity contribution in [3.05, 3.63) is 35.4 Å². The molecule has 1 aliphatic rings. The highest BCUT2D eigenvalue weighted by molar-refractivity contribution is 9.08. The second kappa shape index (κ2) is 4.97. The maximum absolute atomic E-state index is 11.7. The predicted molar refractivity (Wildman–Crippen MR) is 65.6 cm³/mol. The summed E-state index contributed by atoms with van der Waals surface area (Å²) in [5.41, 5.74) is 1.82. The summed E-state index contributed by atoms with van der Waals surface area (Å²) < 4.78 is 0. The quantitative estimate of drug-likeness (QED) is 0.832. The van der Waals surface area contributed by atoms with Crippen LogP contribution in [0.2, 0.25) is 0 Å². The van der Waals surface area contributed by atoms with Gasteiger partial charge in [-0.25, -0.2) is 0 Å². The minimum Gasteiger partial charge on any atom is -0.393 e. The van der Waals surface area contributed by atoms with Gasteiger partial charge in [0, 0.05) is 16.9 Å². The Balaban J connectivity index is 1.93. The molecule has 1 aliphatic carbocycles. The molecule has 4 heteroatoms. The van der Waals surface area contributed by atoms with Gasteiger partial charge in [-0.05, 0) is 30.5 Å². The van der Waals surface area contributed by atoms with E-state index < -0.39 is 0 Å². The highest BCUT2D eigenvalue weighted by Crippen LogP contribution is 2.19. The molecule has 2 rings (SSSR count). The standard InChI is InChI=1S/C12H14BrNO2/c13-7-8-1-3-9(4-2-8)12(16)14-10-5-11(15)6-10/h1-4,10-11,15H,5-7H2,(H,14,16). The van der Waals surface area contributed by atoms with Gasteiger partial charge in [-0.15, -0.1) is 0 Å². The van der Waals surface area contributed by atoms with Crippen molar-refractivity contribution in [2.24, 2.45) is 0 Å². The fourth-order valence-electron chi connectivity index (χ4n) is 1.72. The second-order valence-corrected chi connectivity index (χ2v) is 4.69. The topological polar surface area (TPSA) is 49.3 Å². The molecule has 0 radical (unpaired) electrons. The molecule has 0 atom stereocenters. The van der Waals surface area contributed by atoms with Crippen LogP contribution in [0.1, 0.15) is 28.8 Å². The summed E-state index contributed by atoms with van der Waals surface area (Å²) in [5, 5.41) is 12.8.